The highest BCUT2D eigenvalue weighted by Crippen LogP contribution is 2.15. The quantitative estimate of drug-likeness (QED) is 0.0262. The van der Waals surface area contributed by atoms with E-state index < -0.39 is 6.10 Å². The molecule has 1 unspecified atom stereocenters. The van der Waals surface area contributed by atoms with E-state index in [2.05, 4.69) is 93.7 Å². The SMILES string of the molecule is CC/C=C\C/C=C\C/C=C\C/C=C\C/C=C\CCCCCCCCCC(=O)OCC(COC(=O)CCCCCCC/C=C\CCC)OC(=O)CCCCCCCCCCCCCCC. The van der Waals surface area contributed by atoms with Gasteiger partial charge in [0.05, 0.1) is 0 Å². The number of allylic oxidation sites excluding steroid dienone is 12. The van der Waals surface area contributed by atoms with Crippen LogP contribution >= 0.6 is 0 Å². The van der Waals surface area contributed by atoms with Crippen LogP contribution in [0.3, 0.4) is 0 Å². The maximum absolute atomic E-state index is 12.8. The Hall–Kier alpha value is -3.15. The molecule has 64 heavy (non-hydrogen) atoms. The fourth-order valence-electron chi connectivity index (χ4n) is 7.41. The van der Waals surface area contributed by atoms with Gasteiger partial charge in [-0.3, -0.25) is 14.4 Å². The van der Waals surface area contributed by atoms with Crippen molar-refractivity contribution in [3.63, 3.8) is 0 Å². The lowest BCUT2D eigenvalue weighted by Crippen LogP contribution is -2.30. The second kappa shape index (κ2) is 52.5. The minimum absolute atomic E-state index is 0.0817. The molecule has 0 bridgehead atoms. The molecule has 0 aromatic carbocycles. The number of carbonyl (C=O) groups excluding carboxylic acids is 3. The van der Waals surface area contributed by atoms with Crippen molar-refractivity contribution in [1.29, 1.82) is 0 Å². The van der Waals surface area contributed by atoms with Crippen LogP contribution in [0.5, 0.6) is 0 Å². The van der Waals surface area contributed by atoms with E-state index in [4.69, 9.17) is 14.2 Å². The Labute approximate surface area is 395 Å². The molecule has 0 fully saturated rings. The van der Waals surface area contributed by atoms with Crippen LogP contribution in [0.25, 0.3) is 0 Å². The Kier molecular flexibility index (Phi) is 49.9. The smallest absolute Gasteiger partial charge is 0.306 e. The second-order valence-corrected chi connectivity index (χ2v) is 17.8. The van der Waals surface area contributed by atoms with Crippen molar-refractivity contribution < 1.29 is 28.6 Å². The van der Waals surface area contributed by atoms with E-state index in [1.807, 2.05) is 0 Å². The maximum atomic E-state index is 12.8. The summed E-state index contributed by atoms with van der Waals surface area (Å²) in [6.07, 6.45) is 66.0. The summed E-state index contributed by atoms with van der Waals surface area (Å²) < 4.78 is 16.8. The fourth-order valence-corrected chi connectivity index (χ4v) is 7.41. The topological polar surface area (TPSA) is 78.9 Å². The monoisotopic (exact) mass is 893 g/mol. The average molecular weight is 893 g/mol. The summed E-state index contributed by atoms with van der Waals surface area (Å²) in [5, 5.41) is 0. The second-order valence-electron chi connectivity index (χ2n) is 17.8. The van der Waals surface area contributed by atoms with E-state index in [9.17, 15) is 14.4 Å². The minimum atomic E-state index is -0.780. The molecule has 6 heteroatoms. The molecule has 0 amide bonds. The van der Waals surface area contributed by atoms with Gasteiger partial charge in [-0.05, 0) is 83.5 Å². The lowest BCUT2D eigenvalue weighted by Gasteiger charge is -2.18. The zero-order chi connectivity index (χ0) is 46.5. The van der Waals surface area contributed by atoms with Gasteiger partial charge in [0.1, 0.15) is 13.2 Å². The molecule has 0 spiro atoms. The molecule has 1 atom stereocenters. The third kappa shape index (κ3) is 49.9. The van der Waals surface area contributed by atoms with Crippen molar-refractivity contribution in [3.05, 3.63) is 72.9 Å². The summed E-state index contributed by atoms with van der Waals surface area (Å²) in [6.45, 7) is 6.45. The van der Waals surface area contributed by atoms with Crippen LogP contribution in [-0.4, -0.2) is 37.2 Å². The number of hydrogen-bond acceptors (Lipinski definition) is 6. The number of hydrogen-bond donors (Lipinski definition) is 0. The van der Waals surface area contributed by atoms with Gasteiger partial charge in [-0.1, -0.05) is 229 Å². The van der Waals surface area contributed by atoms with E-state index in [1.54, 1.807) is 0 Å². The summed E-state index contributed by atoms with van der Waals surface area (Å²) in [5.74, 6) is -0.898. The van der Waals surface area contributed by atoms with Crippen molar-refractivity contribution in [3.8, 4) is 0 Å². The van der Waals surface area contributed by atoms with Gasteiger partial charge in [-0.15, -0.1) is 0 Å². The number of rotatable bonds is 48. The Morgan fingerprint density at radius 2 is 0.641 bits per heavy atom. The number of carbonyl (C=O) groups is 3. The molecule has 0 saturated heterocycles. The molecule has 0 radical (unpaired) electrons. The van der Waals surface area contributed by atoms with Gasteiger partial charge < -0.3 is 14.2 Å². The van der Waals surface area contributed by atoms with Gasteiger partial charge in [0, 0.05) is 19.3 Å². The van der Waals surface area contributed by atoms with Crippen LogP contribution in [0.2, 0.25) is 0 Å². The molecular weight excluding hydrogens is 793 g/mol. The van der Waals surface area contributed by atoms with Gasteiger partial charge in [-0.25, -0.2) is 0 Å². The van der Waals surface area contributed by atoms with E-state index in [0.29, 0.717) is 19.3 Å². The molecule has 0 saturated carbocycles. The first-order chi connectivity index (χ1) is 31.5. The molecule has 0 N–H and O–H groups in total. The molecule has 0 aromatic heterocycles. The third-order valence-corrected chi connectivity index (χ3v) is 11.4. The van der Waals surface area contributed by atoms with E-state index >= 15 is 0 Å². The van der Waals surface area contributed by atoms with Crippen molar-refractivity contribution in [2.75, 3.05) is 13.2 Å². The molecule has 368 valence electrons. The number of unbranched alkanes of at least 4 members (excludes halogenated alkanes) is 25. The fraction of sp³-hybridized carbons (Fsp3) is 0.741. The van der Waals surface area contributed by atoms with Crippen molar-refractivity contribution in [1.82, 2.24) is 0 Å². The van der Waals surface area contributed by atoms with Crippen LogP contribution in [-0.2, 0) is 28.6 Å². The summed E-state index contributed by atoms with van der Waals surface area (Å²) in [7, 11) is 0. The Morgan fingerprint density at radius 3 is 1.03 bits per heavy atom. The number of ether oxygens (including phenoxy) is 3. The van der Waals surface area contributed by atoms with E-state index in [-0.39, 0.29) is 31.1 Å². The molecule has 0 heterocycles. The predicted molar refractivity (Wildman–Crippen MR) is 274 cm³/mol. The lowest BCUT2D eigenvalue weighted by atomic mass is 10.0. The summed E-state index contributed by atoms with van der Waals surface area (Å²) in [5.41, 5.74) is 0. The Bertz CT molecular complexity index is 1210. The average Bonchev–Trinajstić information content (AvgIpc) is 3.29. The lowest BCUT2D eigenvalue weighted by molar-refractivity contribution is -0.167. The van der Waals surface area contributed by atoms with Crippen molar-refractivity contribution >= 4 is 17.9 Å². The normalized spacial score (nSPS) is 12.6. The van der Waals surface area contributed by atoms with Gasteiger partial charge in [0.15, 0.2) is 6.10 Å². The zero-order valence-electron chi connectivity index (χ0n) is 42.0. The third-order valence-electron chi connectivity index (χ3n) is 11.4. The molecule has 0 aliphatic carbocycles. The van der Waals surface area contributed by atoms with Gasteiger partial charge in [0.2, 0.25) is 0 Å². The van der Waals surface area contributed by atoms with Crippen molar-refractivity contribution in [2.24, 2.45) is 0 Å². The molecule has 0 rings (SSSR count). The molecule has 6 nitrogen and oxygen atoms in total. The predicted octanol–water partition coefficient (Wildman–Crippen LogP) is 17.8. The highest BCUT2D eigenvalue weighted by molar-refractivity contribution is 5.71. The summed E-state index contributed by atoms with van der Waals surface area (Å²) in [4.78, 5) is 37.9. The highest BCUT2D eigenvalue weighted by atomic mass is 16.6. The first-order valence-corrected chi connectivity index (χ1v) is 26.9. The zero-order valence-corrected chi connectivity index (χ0v) is 42.0. The van der Waals surface area contributed by atoms with Gasteiger partial charge in [-0.2, -0.15) is 0 Å². The van der Waals surface area contributed by atoms with E-state index in [1.165, 1.54) is 109 Å². The number of esters is 3. The molecular formula is C58H100O6. The maximum Gasteiger partial charge on any atom is 0.306 e. The summed E-state index contributed by atoms with van der Waals surface area (Å²) in [6, 6.07) is 0. The molecule has 0 aliphatic heterocycles. The van der Waals surface area contributed by atoms with Crippen LogP contribution in [0, 0.1) is 0 Å². The largest absolute Gasteiger partial charge is 0.462 e. The Morgan fingerprint density at radius 1 is 0.328 bits per heavy atom. The van der Waals surface area contributed by atoms with Crippen LogP contribution < -0.4 is 0 Å². The first kappa shape index (κ1) is 60.9. The standard InChI is InChI=1S/C58H100O6/c1-4-7-10-13-16-19-22-24-25-26-27-28-29-30-31-32-33-35-36-39-42-45-48-51-57(60)63-54-55(53-62-56(59)50-47-44-41-38-21-18-15-12-9-6-3)64-58(61)52-49-46-43-40-37-34-23-20-17-14-11-8-5-2/h7,10,12,15-16,19,24-25,27-28,30-31,55H,4-6,8-9,11,13-14,17-18,20-23,26,29,32-54H2,1-3H3/b10-7-,15-12-,19-16-,25-24-,28-27-,31-30-. The first-order valence-electron chi connectivity index (χ1n) is 26.9. The van der Waals surface area contributed by atoms with Crippen molar-refractivity contribution in [2.45, 2.75) is 264 Å². The summed E-state index contributed by atoms with van der Waals surface area (Å²) >= 11 is 0. The van der Waals surface area contributed by atoms with Gasteiger partial charge >= 0.3 is 17.9 Å². The highest BCUT2D eigenvalue weighted by Gasteiger charge is 2.19. The van der Waals surface area contributed by atoms with Crippen LogP contribution in [0.4, 0.5) is 0 Å². The Balaban J connectivity index is 4.30. The molecule has 0 aliphatic rings. The minimum Gasteiger partial charge on any atom is -0.462 e. The van der Waals surface area contributed by atoms with Crippen LogP contribution in [0.1, 0.15) is 258 Å². The van der Waals surface area contributed by atoms with E-state index in [0.717, 1.165) is 109 Å². The molecule has 0 aromatic rings. The van der Waals surface area contributed by atoms with Crippen LogP contribution in [0.15, 0.2) is 72.9 Å². The van der Waals surface area contributed by atoms with Gasteiger partial charge in [0.25, 0.3) is 0 Å².